The highest BCUT2D eigenvalue weighted by molar-refractivity contribution is 7.87. The van der Waals surface area contributed by atoms with Crippen molar-refractivity contribution >= 4 is 39.3 Å². The topological polar surface area (TPSA) is 98.6 Å². The van der Waals surface area contributed by atoms with Gasteiger partial charge in [-0.15, -0.1) is 0 Å². The van der Waals surface area contributed by atoms with Crippen molar-refractivity contribution in [2.24, 2.45) is 0 Å². The van der Waals surface area contributed by atoms with Gasteiger partial charge in [0.25, 0.3) is 10.2 Å². The largest absolute Gasteiger partial charge is 0.351 e. The second-order valence-corrected chi connectivity index (χ2v) is 11.3. The Labute approximate surface area is 216 Å². The number of hydrogen-bond donors (Lipinski definition) is 2. The first-order chi connectivity index (χ1) is 17.2. The normalized spacial score (nSPS) is 18.3. The Morgan fingerprint density at radius 3 is 2.42 bits per heavy atom. The van der Waals surface area contributed by atoms with Gasteiger partial charge in [0.15, 0.2) is 0 Å². The lowest BCUT2D eigenvalue weighted by molar-refractivity contribution is -0.127. The van der Waals surface area contributed by atoms with Crippen LogP contribution in [0.25, 0.3) is 0 Å². The summed E-state index contributed by atoms with van der Waals surface area (Å²) in [5, 5.41) is 3.30. The molecule has 1 saturated heterocycles. The van der Waals surface area contributed by atoms with Crippen LogP contribution in [-0.2, 0) is 19.8 Å². The Kier molecular flexibility index (Phi) is 8.29. The molecule has 2 fully saturated rings. The van der Waals surface area contributed by atoms with E-state index in [0.29, 0.717) is 18.7 Å². The van der Waals surface area contributed by atoms with E-state index in [9.17, 15) is 22.4 Å². The van der Waals surface area contributed by atoms with Gasteiger partial charge in [-0.05, 0) is 44.0 Å². The van der Waals surface area contributed by atoms with E-state index in [-0.39, 0.29) is 16.8 Å². The van der Waals surface area contributed by atoms with E-state index < -0.39 is 39.9 Å². The van der Waals surface area contributed by atoms with E-state index in [2.05, 4.69) is 10.0 Å². The van der Waals surface area contributed by atoms with Crippen LogP contribution in [0.1, 0.15) is 50.6 Å². The Balaban J connectivity index is 1.75. The number of nitrogens with one attached hydrogen (secondary N) is 2. The molecule has 0 radical (unpaired) electrons. The molecular weight excluding hydrogens is 507 g/mol. The van der Waals surface area contributed by atoms with Crippen molar-refractivity contribution in [1.29, 1.82) is 0 Å². The van der Waals surface area contributed by atoms with Crippen molar-refractivity contribution in [2.45, 2.75) is 57.2 Å². The monoisotopic (exact) mass is 536 g/mol. The number of nitrogens with zero attached hydrogens (tertiary/aromatic N) is 2. The summed E-state index contributed by atoms with van der Waals surface area (Å²) in [6.07, 6.45) is 4.72. The first-order valence-electron chi connectivity index (χ1n) is 12.1. The zero-order chi connectivity index (χ0) is 25.9. The molecule has 1 aliphatic carbocycles. The Hall–Kier alpha value is -2.53. The predicted octanol–water partition coefficient (Wildman–Crippen LogP) is 3.54. The molecule has 194 valence electrons. The molecule has 2 aliphatic rings. The number of anilines is 1. The fourth-order valence-electron chi connectivity index (χ4n) is 4.49. The van der Waals surface area contributed by atoms with Crippen LogP contribution in [0.2, 0.25) is 5.02 Å². The SMILES string of the molecule is CC(NS(=O)(=O)N1CC1)C(=O)N(c1cccc(F)c1)C(C(=O)NC1CCCCC1)c1ccccc1Cl. The maximum Gasteiger partial charge on any atom is 0.280 e. The minimum absolute atomic E-state index is 0.0562. The van der Waals surface area contributed by atoms with Crippen molar-refractivity contribution < 1.29 is 22.4 Å². The van der Waals surface area contributed by atoms with Crippen LogP contribution in [0.3, 0.4) is 0 Å². The zero-order valence-corrected chi connectivity index (χ0v) is 21.6. The van der Waals surface area contributed by atoms with E-state index in [1.54, 1.807) is 24.3 Å². The van der Waals surface area contributed by atoms with Gasteiger partial charge in [-0.3, -0.25) is 14.5 Å². The van der Waals surface area contributed by atoms with E-state index in [1.165, 1.54) is 29.4 Å². The van der Waals surface area contributed by atoms with Gasteiger partial charge in [0.05, 0.1) is 6.04 Å². The van der Waals surface area contributed by atoms with Crippen LogP contribution in [0.4, 0.5) is 10.1 Å². The van der Waals surface area contributed by atoms with Gasteiger partial charge in [0.2, 0.25) is 11.8 Å². The molecule has 1 heterocycles. The smallest absolute Gasteiger partial charge is 0.280 e. The minimum Gasteiger partial charge on any atom is -0.351 e. The second kappa shape index (κ2) is 11.2. The van der Waals surface area contributed by atoms with Crippen molar-refractivity contribution in [3.63, 3.8) is 0 Å². The van der Waals surface area contributed by atoms with Crippen molar-refractivity contribution in [3.8, 4) is 0 Å². The van der Waals surface area contributed by atoms with Crippen molar-refractivity contribution in [2.75, 3.05) is 18.0 Å². The number of hydrogen-bond acceptors (Lipinski definition) is 4. The van der Waals surface area contributed by atoms with Crippen LogP contribution in [0.5, 0.6) is 0 Å². The fourth-order valence-corrected chi connectivity index (χ4v) is 5.99. The first kappa shape index (κ1) is 26.5. The Morgan fingerprint density at radius 1 is 1.08 bits per heavy atom. The van der Waals surface area contributed by atoms with Crippen LogP contribution < -0.4 is 14.9 Å². The van der Waals surface area contributed by atoms with Crippen molar-refractivity contribution in [1.82, 2.24) is 14.3 Å². The molecule has 1 saturated carbocycles. The molecule has 2 amide bonds. The highest BCUT2D eigenvalue weighted by Gasteiger charge is 2.40. The highest BCUT2D eigenvalue weighted by atomic mass is 35.5. The third-order valence-corrected chi connectivity index (χ3v) is 8.46. The van der Waals surface area contributed by atoms with Crippen LogP contribution >= 0.6 is 11.6 Å². The van der Waals surface area contributed by atoms with Gasteiger partial charge in [-0.1, -0.05) is 55.1 Å². The molecule has 2 unspecified atom stereocenters. The summed E-state index contributed by atoms with van der Waals surface area (Å²) in [7, 11) is -3.86. The summed E-state index contributed by atoms with van der Waals surface area (Å²) in [5.74, 6) is -1.78. The summed E-state index contributed by atoms with van der Waals surface area (Å²) >= 11 is 6.50. The van der Waals surface area contributed by atoms with Crippen LogP contribution in [0.15, 0.2) is 48.5 Å². The van der Waals surface area contributed by atoms with E-state index in [1.807, 2.05) is 0 Å². The van der Waals surface area contributed by atoms with E-state index in [0.717, 1.165) is 43.1 Å². The van der Waals surface area contributed by atoms with Gasteiger partial charge in [-0.2, -0.15) is 17.4 Å². The molecule has 11 heteroatoms. The lowest BCUT2D eigenvalue weighted by Crippen LogP contribution is -2.53. The zero-order valence-electron chi connectivity index (χ0n) is 20.0. The molecule has 0 spiro atoms. The summed E-state index contributed by atoms with van der Waals surface area (Å²) in [4.78, 5) is 28.8. The molecule has 2 aromatic rings. The Morgan fingerprint density at radius 2 is 1.78 bits per heavy atom. The molecule has 8 nitrogen and oxygen atoms in total. The van der Waals surface area contributed by atoms with Crippen molar-refractivity contribution in [3.05, 3.63) is 64.9 Å². The average Bonchev–Trinajstić information content (AvgIpc) is 3.69. The maximum atomic E-state index is 14.3. The maximum absolute atomic E-state index is 14.3. The lowest BCUT2D eigenvalue weighted by atomic mass is 9.94. The van der Waals surface area contributed by atoms with Gasteiger partial charge < -0.3 is 5.32 Å². The number of carbonyl (C=O) groups excluding carboxylic acids is 2. The molecular formula is C25H30ClFN4O4S. The number of benzene rings is 2. The molecule has 0 bridgehead atoms. The minimum atomic E-state index is -3.86. The molecule has 1 aliphatic heterocycles. The number of rotatable bonds is 9. The summed E-state index contributed by atoms with van der Waals surface area (Å²) in [6.45, 7) is 2.14. The number of carbonyl (C=O) groups is 2. The number of amides is 2. The lowest BCUT2D eigenvalue weighted by Gasteiger charge is -2.35. The fraction of sp³-hybridized carbons (Fsp3) is 0.440. The Bertz CT molecular complexity index is 1220. The first-order valence-corrected chi connectivity index (χ1v) is 13.9. The van der Waals surface area contributed by atoms with Crippen LogP contribution in [0, 0.1) is 5.82 Å². The molecule has 4 rings (SSSR count). The summed E-state index contributed by atoms with van der Waals surface area (Å²) in [5.41, 5.74) is 0.465. The molecule has 2 atom stereocenters. The van der Waals surface area contributed by atoms with E-state index in [4.69, 9.17) is 11.6 Å². The second-order valence-electron chi connectivity index (χ2n) is 9.20. The third kappa shape index (κ3) is 6.23. The quantitative estimate of drug-likeness (QED) is 0.479. The number of halogens is 2. The molecule has 2 N–H and O–H groups in total. The molecule has 36 heavy (non-hydrogen) atoms. The summed E-state index contributed by atoms with van der Waals surface area (Å²) in [6, 6.07) is 9.42. The van der Waals surface area contributed by atoms with Gasteiger partial charge in [0.1, 0.15) is 11.9 Å². The highest BCUT2D eigenvalue weighted by Crippen LogP contribution is 2.33. The molecule has 2 aromatic carbocycles. The summed E-state index contributed by atoms with van der Waals surface area (Å²) < 4.78 is 42.9. The standard InChI is InChI=1S/C25H30ClFN4O4S/c1-17(29-36(34,35)30-14-15-30)25(33)31(20-11-7-8-18(27)16-20)23(21-12-5-6-13-22(21)26)24(32)28-19-9-3-2-4-10-19/h5-8,11-13,16-17,19,23,29H,2-4,9-10,14-15H2,1H3,(H,28,32). The molecule has 0 aromatic heterocycles. The third-order valence-electron chi connectivity index (χ3n) is 6.42. The average molecular weight is 537 g/mol. The van der Waals surface area contributed by atoms with Crippen LogP contribution in [-0.4, -0.2) is 49.7 Å². The van der Waals surface area contributed by atoms with Gasteiger partial charge in [0, 0.05) is 35.4 Å². The predicted molar refractivity (Wildman–Crippen MR) is 136 cm³/mol. The van der Waals surface area contributed by atoms with Gasteiger partial charge >= 0.3 is 0 Å². The van der Waals surface area contributed by atoms with Gasteiger partial charge in [-0.25, -0.2) is 4.39 Å². The van der Waals surface area contributed by atoms with E-state index >= 15 is 0 Å².